The number of benzene rings is 2. The second kappa shape index (κ2) is 7.36. The molecule has 0 aliphatic carbocycles. The summed E-state index contributed by atoms with van der Waals surface area (Å²) in [7, 11) is 1.60. The van der Waals surface area contributed by atoms with Crippen LogP contribution in [0.25, 0.3) is 0 Å². The lowest BCUT2D eigenvalue weighted by atomic mass is 10.0. The molecule has 1 unspecified atom stereocenters. The summed E-state index contributed by atoms with van der Waals surface area (Å²) in [5.41, 5.74) is 1.81. The number of rotatable bonds is 6. The monoisotopic (exact) mass is 341 g/mol. The van der Waals surface area contributed by atoms with Crippen molar-refractivity contribution in [3.05, 3.63) is 59.7 Å². The summed E-state index contributed by atoms with van der Waals surface area (Å²) in [6.07, 6.45) is 0. The number of amides is 1. The molecule has 1 aliphatic rings. The molecule has 0 radical (unpaired) electrons. The Morgan fingerprint density at radius 3 is 2.52 bits per heavy atom. The fourth-order valence-electron chi connectivity index (χ4n) is 2.90. The third kappa shape index (κ3) is 3.49. The lowest BCUT2D eigenvalue weighted by Gasteiger charge is -2.17. The second-order valence-electron chi connectivity index (χ2n) is 5.73. The zero-order chi connectivity index (χ0) is 17.8. The van der Waals surface area contributed by atoms with Gasteiger partial charge in [0.1, 0.15) is 18.3 Å². The van der Waals surface area contributed by atoms with Crippen molar-refractivity contribution in [1.29, 1.82) is 0 Å². The normalized spacial score (nSPS) is 15.7. The van der Waals surface area contributed by atoms with Crippen LogP contribution in [0.3, 0.4) is 0 Å². The fourth-order valence-corrected chi connectivity index (χ4v) is 2.90. The number of para-hydroxylation sites is 1. The van der Waals surface area contributed by atoms with Gasteiger partial charge in [0.15, 0.2) is 0 Å². The molecule has 1 aliphatic heterocycles. The Morgan fingerprint density at radius 1 is 1.12 bits per heavy atom. The van der Waals surface area contributed by atoms with Crippen LogP contribution in [-0.2, 0) is 9.53 Å². The Hall–Kier alpha value is -2.86. The molecule has 3 rings (SSSR count). The Labute approximate surface area is 145 Å². The van der Waals surface area contributed by atoms with Crippen LogP contribution in [0.4, 0.5) is 5.69 Å². The van der Waals surface area contributed by atoms with Crippen LogP contribution in [0.2, 0.25) is 0 Å². The number of carbonyl (C=O) groups is 2. The number of nitrogens with zero attached hydrogens (tertiary/aromatic N) is 1. The van der Waals surface area contributed by atoms with E-state index in [9.17, 15) is 14.7 Å². The van der Waals surface area contributed by atoms with Crippen LogP contribution in [-0.4, -0.2) is 43.9 Å². The summed E-state index contributed by atoms with van der Waals surface area (Å²) in [6, 6.07) is 13.9. The highest BCUT2D eigenvalue weighted by Crippen LogP contribution is 2.37. The molecule has 0 saturated carbocycles. The average Bonchev–Trinajstić information content (AvgIpc) is 3.02. The van der Waals surface area contributed by atoms with Gasteiger partial charge in [-0.3, -0.25) is 9.59 Å². The maximum atomic E-state index is 12.8. The van der Waals surface area contributed by atoms with Gasteiger partial charge in [-0.1, -0.05) is 18.2 Å². The number of anilines is 1. The molecule has 1 heterocycles. The number of aliphatic carboxylic acids is 1. The number of carbonyl (C=O) groups excluding carboxylic acids is 1. The molecular formula is C19H19NO5. The molecule has 0 fully saturated rings. The van der Waals surface area contributed by atoms with Crippen LogP contribution in [0.5, 0.6) is 5.75 Å². The molecule has 0 aromatic heterocycles. The zero-order valence-electron chi connectivity index (χ0n) is 13.8. The van der Waals surface area contributed by atoms with Gasteiger partial charge in [0.05, 0.1) is 6.61 Å². The van der Waals surface area contributed by atoms with Gasteiger partial charge in [-0.15, -0.1) is 0 Å². The van der Waals surface area contributed by atoms with Crippen LogP contribution < -0.4 is 9.64 Å². The summed E-state index contributed by atoms with van der Waals surface area (Å²) >= 11 is 0. The number of carboxylic acid groups (broad SMARTS) is 1. The minimum atomic E-state index is -0.926. The number of hydrogen-bond donors (Lipinski definition) is 1. The molecule has 2 aromatic carbocycles. The number of fused-ring (bicyclic) bond motifs is 1. The van der Waals surface area contributed by atoms with Crippen LogP contribution >= 0.6 is 0 Å². The molecule has 2 aromatic rings. The zero-order valence-corrected chi connectivity index (χ0v) is 13.8. The topological polar surface area (TPSA) is 76.1 Å². The van der Waals surface area contributed by atoms with E-state index in [-0.39, 0.29) is 12.5 Å². The Balaban J connectivity index is 1.78. The van der Waals surface area contributed by atoms with Crippen LogP contribution in [0, 0.1) is 0 Å². The van der Waals surface area contributed by atoms with Crippen molar-refractivity contribution in [2.45, 2.75) is 5.92 Å². The first kappa shape index (κ1) is 17.0. The van der Waals surface area contributed by atoms with E-state index in [1.807, 2.05) is 0 Å². The number of hydrogen-bond acceptors (Lipinski definition) is 4. The minimum absolute atomic E-state index is 0.138. The van der Waals surface area contributed by atoms with Gasteiger partial charge in [0.25, 0.3) is 5.91 Å². The van der Waals surface area contributed by atoms with Crippen molar-refractivity contribution in [3.63, 3.8) is 0 Å². The largest absolute Gasteiger partial charge is 0.491 e. The van der Waals surface area contributed by atoms with E-state index < -0.39 is 11.9 Å². The molecule has 1 amide bonds. The highest BCUT2D eigenvalue weighted by Gasteiger charge is 2.36. The highest BCUT2D eigenvalue weighted by atomic mass is 16.5. The maximum Gasteiger partial charge on any atom is 0.312 e. The maximum absolute atomic E-state index is 12.8. The number of carboxylic acids is 1. The molecule has 130 valence electrons. The van der Waals surface area contributed by atoms with Crippen LogP contribution in [0.15, 0.2) is 48.5 Å². The molecule has 25 heavy (non-hydrogen) atoms. The molecule has 0 spiro atoms. The van der Waals surface area contributed by atoms with E-state index in [0.29, 0.717) is 35.8 Å². The van der Waals surface area contributed by atoms with E-state index in [1.165, 1.54) is 4.90 Å². The van der Waals surface area contributed by atoms with Crippen molar-refractivity contribution in [1.82, 2.24) is 0 Å². The average molecular weight is 341 g/mol. The molecule has 0 saturated heterocycles. The molecule has 6 heteroatoms. The fraction of sp³-hybridized carbons (Fsp3) is 0.263. The third-order valence-corrected chi connectivity index (χ3v) is 4.17. The van der Waals surface area contributed by atoms with E-state index in [0.717, 1.165) is 0 Å². The first-order valence-corrected chi connectivity index (χ1v) is 7.97. The predicted molar refractivity (Wildman–Crippen MR) is 92.3 cm³/mol. The van der Waals surface area contributed by atoms with Crippen molar-refractivity contribution in [2.75, 3.05) is 31.8 Å². The van der Waals surface area contributed by atoms with Gasteiger partial charge in [-0.05, 0) is 35.9 Å². The predicted octanol–water partition coefficient (Wildman–Crippen LogP) is 2.54. The Morgan fingerprint density at radius 2 is 1.84 bits per heavy atom. The van der Waals surface area contributed by atoms with E-state index in [2.05, 4.69) is 0 Å². The summed E-state index contributed by atoms with van der Waals surface area (Å²) in [5.74, 6) is -1.19. The second-order valence-corrected chi connectivity index (χ2v) is 5.73. The van der Waals surface area contributed by atoms with Crippen molar-refractivity contribution >= 4 is 17.6 Å². The van der Waals surface area contributed by atoms with Gasteiger partial charge in [0.2, 0.25) is 0 Å². The summed E-state index contributed by atoms with van der Waals surface area (Å²) < 4.78 is 10.4. The first-order chi connectivity index (χ1) is 12.1. The Kier molecular flexibility index (Phi) is 5.00. The Bertz CT molecular complexity index is 772. The summed E-state index contributed by atoms with van der Waals surface area (Å²) in [6.45, 7) is 1.06. The van der Waals surface area contributed by atoms with Gasteiger partial charge in [0, 0.05) is 24.9 Å². The summed E-state index contributed by atoms with van der Waals surface area (Å²) in [4.78, 5) is 25.8. The lowest BCUT2D eigenvalue weighted by Crippen LogP contribution is -2.31. The molecule has 6 nitrogen and oxygen atoms in total. The number of methoxy groups -OCH3 is 1. The van der Waals surface area contributed by atoms with Crippen LogP contribution in [0.1, 0.15) is 21.8 Å². The van der Waals surface area contributed by atoms with Gasteiger partial charge in [-0.2, -0.15) is 0 Å². The van der Waals surface area contributed by atoms with E-state index in [1.54, 1.807) is 55.6 Å². The van der Waals surface area contributed by atoms with E-state index >= 15 is 0 Å². The standard InChI is InChI=1S/C19H19NO5/c1-24-10-11-25-14-8-6-13(7-9-14)18(21)20-12-16(19(22)23)15-4-2-3-5-17(15)20/h2-9,16H,10-12H2,1H3,(H,22,23). The smallest absolute Gasteiger partial charge is 0.312 e. The summed E-state index contributed by atoms with van der Waals surface area (Å²) in [5, 5.41) is 9.40. The van der Waals surface area contributed by atoms with Gasteiger partial charge < -0.3 is 19.5 Å². The SMILES string of the molecule is COCCOc1ccc(C(=O)N2CC(C(=O)O)c3ccccc32)cc1. The van der Waals surface area contributed by atoms with Gasteiger partial charge >= 0.3 is 5.97 Å². The third-order valence-electron chi connectivity index (χ3n) is 4.17. The van der Waals surface area contributed by atoms with E-state index in [4.69, 9.17) is 9.47 Å². The molecule has 1 N–H and O–H groups in total. The quantitative estimate of drug-likeness (QED) is 0.817. The first-order valence-electron chi connectivity index (χ1n) is 7.97. The van der Waals surface area contributed by atoms with Crippen molar-refractivity contribution in [3.8, 4) is 5.75 Å². The molecule has 0 bridgehead atoms. The highest BCUT2D eigenvalue weighted by molar-refractivity contribution is 6.08. The van der Waals surface area contributed by atoms with Gasteiger partial charge in [-0.25, -0.2) is 0 Å². The molecule has 1 atom stereocenters. The van der Waals surface area contributed by atoms with Crippen molar-refractivity contribution < 1.29 is 24.2 Å². The van der Waals surface area contributed by atoms with Crippen molar-refractivity contribution in [2.24, 2.45) is 0 Å². The number of ether oxygens (including phenoxy) is 2. The molecular weight excluding hydrogens is 322 g/mol. The lowest BCUT2D eigenvalue weighted by molar-refractivity contribution is -0.138. The minimum Gasteiger partial charge on any atom is -0.491 e.